The predicted molar refractivity (Wildman–Crippen MR) is 109 cm³/mol. The van der Waals surface area contributed by atoms with Crippen LogP contribution in [0.4, 0.5) is 0 Å². The minimum absolute atomic E-state index is 0.642. The molecule has 34 heavy (non-hydrogen) atoms. The Morgan fingerprint density at radius 1 is 0.500 bits per heavy atom. The molecule has 2 saturated heterocycles. The fourth-order valence-electron chi connectivity index (χ4n) is 4.39. The maximum Gasteiger partial charge on any atom is 0.186 e. The quantitative estimate of drug-likeness (QED) is 0.161. The van der Waals surface area contributed by atoms with Gasteiger partial charge < -0.3 is 82.7 Å². The van der Waals surface area contributed by atoms with Crippen LogP contribution in [0.5, 0.6) is 0 Å². The third-order valence-electron chi connectivity index (χ3n) is 6.67. The van der Waals surface area contributed by atoms with E-state index in [0.29, 0.717) is 0 Å². The third kappa shape index (κ3) is 5.09. The molecular weight excluding hydrogens is 464 g/mol. The summed E-state index contributed by atoms with van der Waals surface area (Å²) < 4.78 is 22.0. The van der Waals surface area contributed by atoms with Crippen LogP contribution in [0.3, 0.4) is 0 Å². The van der Waals surface area contributed by atoms with Gasteiger partial charge in [0.25, 0.3) is 0 Å². The second-order valence-corrected chi connectivity index (χ2v) is 8.91. The number of hydrogen-bond acceptors (Lipinski definition) is 16. The molecule has 0 aromatic carbocycles. The van der Waals surface area contributed by atoms with Crippen molar-refractivity contribution in [2.75, 3.05) is 13.2 Å². The lowest BCUT2D eigenvalue weighted by molar-refractivity contribution is -0.325. The van der Waals surface area contributed by atoms with Gasteiger partial charge in [0, 0.05) is 0 Å². The van der Waals surface area contributed by atoms with E-state index in [2.05, 4.69) is 0 Å². The Bertz CT molecular complexity index is 612. The Labute approximate surface area is 194 Å². The van der Waals surface area contributed by atoms with Crippen molar-refractivity contribution in [3.63, 3.8) is 0 Å². The lowest BCUT2D eigenvalue weighted by atomic mass is 9.82. The fraction of sp³-hybridized carbons (Fsp3) is 1.00. The number of nitrogens with two attached hydrogens (primary N) is 4. The molecule has 0 amide bonds. The summed E-state index contributed by atoms with van der Waals surface area (Å²) in [5.41, 5.74) is 23.6. The van der Waals surface area contributed by atoms with Gasteiger partial charge in [-0.05, 0) is 0 Å². The first-order valence-electron chi connectivity index (χ1n) is 10.9. The Balaban J connectivity index is 1.77. The Kier molecular flexibility index (Phi) is 9.18. The molecule has 0 aromatic heterocycles. The van der Waals surface area contributed by atoms with Crippen LogP contribution in [0.25, 0.3) is 0 Å². The first kappa shape index (κ1) is 27.9. The molecule has 0 radical (unpaired) electrons. The van der Waals surface area contributed by atoms with Gasteiger partial charge in [-0.3, -0.25) is 0 Å². The van der Waals surface area contributed by atoms with E-state index < -0.39 is 111 Å². The highest BCUT2D eigenvalue weighted by Gasteiger charge is 2.54. The number of aliphatic hydroxyl groups is 8. The van der Waals surface area contributed by atoms with E-state index in [1.165, 1.54) is 0 Å². The highest BCUT2D eigenvalue weighted by molar-refractivity contribution is 5.06. The van der Waals surface area contributed by atoms with Gasteiger partial charge in [0.1, 0.15) is 54.9 Å². The van der Waals surface area contributed by atoms with Crippen molar-refractivity contribution >= 4 is 0 Å². The molecule has 16 N–H and O–H groups in total. The van der Waals surface area contributed by atoms with Crippen LogP contribution in [-0.2, 0) is 18.9 Å². The summed E-state index contributed by atoms with van der Waals surface area (Å²) in [7, 11) is 0. The third-order valence-corrected chi connectivity index (χ3v) is 6.67. The van der Waals surface area contributed by atoms with E-state index in [9.17, 15) is 40.9 Å². The largest absolute Gasteiger partial charge is 0.394 e. The molecule has 2 aliphatic heterocycles. The standard InChI is InChI=1S/C18H36N4O12/c19-5-9(25)3(1-23)32-18(13(5)29)34-16-7(21)11(27)6(20)15(14(16)30)33-17-8(22)12(28)10(26)4(2-24)31-17/h3-18,23-30H,1-2,19-22H2/t3-,4-,5+,6+,7-,8-,9-,10-,11+,12-,13-,14+,15-,16+,17-,18-/m1/s1. The van der Waals surface area contributed by atoms with Crippen LogP contribution >= 0.6 is 0 Å². The Morgan fingerprint density at radius 2 is 0.971 bits per heavy atom. The van der Waals surface area contributed by atoms with Gasteiger partial charge in [0.15, 0.2) is 12.6 Å². The van der Waals surface area contributed by atoms with Crippen LogP contribution in [-0.4, -0.2) is 152 Å². The SMILES string of the molecule is N[C@@H]1[C@@H](O)[C@@H](O[C@H]2[C@H](N)[C@@H](O)[C@H](N)[C@@H](O[C@H]3O[C@H](CO)[C@@H](O)[C@H](O)[C@H]3N)[C@@H]2O)O[C@H](CO)[C@H]1O. The number of ether oxygens (including phenoxy) is 4. The number of aliphatic hydroxyl groups excluding tert-OH is 8. The molecule has 3 rings (SSSR count). The smallest absolute Gasteiger partial charge is 0.186 e. The van der Waals surface area contributed by atoms with E-state index in [1.54, 1.807) is 0 Å². The molecule has 16 heteroatoms. The highest BCUT2D eigenvalue weighted by atomic mass is 16.7. The molecule has 16 nitrogen and oxygen atoms in total. The molecule has 3 fully saturated rings. The summed E-state index contributed by atoms with van der Waals surface area (Å²) in [6.45, 7) is -1.31. The van der Waals surface area contributed by atoms with Crippen molar-refractivity contribution in [1.82, 2.24) is 0 Å². The molecular formula is C18H36N4O12. The average molecular weight is 501 g/mol. The van der Waals surface area contributed by atoms with Crippen molar-refractivity contribution in [3.8, 4) is 0 Å². The number of rotatable bonds is 6. The van der Waals surface area contributed by atoms with Gasteiger partial charge in [-0.15, -0.1) is 0 Å². The van der Waals surface area contributed by atoms with Gasteiger partial charge in [-0.25, -0.2) is 0 Å². The maximum atomic E-state index is 11.0. The summed E-state index contributed by atoms with van der Waals surface area (Å²) in [5, 5.41) is 80.7. The molecule has 0 unspecified atom stereocenters. The van der Waals surface area contributed by atoms with E-state index in [0.717, 1.165) is 0 Å². The molecule has 2 heterocycles. The summed E-state index contributed by atoms with van der Waals surface area (Å²) in [5.74, 6) is 0. The van der Waals surface area contributed by atoms with Gasteiger partial charge >= 0.3 is 0 Å². The van der Waals surface area contributed by atoms with Crippen LogP contribution in [0.15, 0.2) is 0 Å². The van der Waals surface area contributed by atoms with E-state index in [4.69, 9.17) is 41.9 Å². The monoisotopic (exact) mass is 500 g/mol. The molecule has 16 atom stereocenters. The maximum absolute atomic E-state index is 11.0. The topological polar surface area (TPSA) is 303 Å². The van der Waals surface area contributed by atoms with E-state index >= 15 is 0 Å². The zero-order valence-electron chi connectivity index (χ0n) is 18.2. The van der Waals surface area contributed by atoms with Crippen LogP contribution in [0.1, 0.15) is 0 Å². The van der Waals surface area contributed by atoms with Gasteiger partial charge in [0.05, 0.1) is 43.5 Å². The molecule has 0 aromatic rings. The first-order chi connectivity index (χ1) is 15.9. The zero-order chi connectivity index (χ0) is 25.5. The Hall–Kier alpha value is -0.640. The van der Waals surface area contributed by atoms with Gasteiger partial charge in [0.2, 0.25) is 0 Å². The predicted octanol–water partition coefficient (Wildman–Crippen LogP) is -8.32. The number of hydrogen-bond donors (Lipinski definition) is 12. The summed E-state index contributed by atoms with van der Waals surface area (Å²) in [6, 6.07) is -5.15. The van der Waals surface area contributed by atoms with Crippen LogP contribution < -0.4 is 22.9 Å². The highest BCUT2D eigenvalue weighted by Crippen LogP contribution is 2.31. The van der Waals surface area contributed by atoms with Crippen molar-refractivity contribution < 1.29 is 59.8 Å². The van der Waals surface area contributed by atoms with Crippen molar-refractivity contribution in [2.24, 2.45) is 22.9 Å². The first-order valence-corrected chi connectivity index (χ1v) is 10.9. The summed E-state index contributed by atoms with van der Waals surface area (Å²) >= 11 is 0. The zero-order valence-corrected chi connectivity index (χ0v) is 18.2. The summed E-state index contributed by atoms with van der Waals surface area (Å²) in [4.78, 5) is 0. The molecule has 3 aliphatic rings. The average Bonchev–Trinajstić information content (AvgIpc) is 2.82. The molecule has 1 saturated carbocycles. The second-order valence-electron chi connectivity index (χ2n) is 8.91. The Morgan fingerprint density at radius 3 is 1.50 bits per heavy atom. The normalized spacial score (nSPS) is 54.7. The fourth-order valence-corrected chi connectivity index (χ4v) is 4.39. The van der Waals surface area contributed by atoms with Crippen molar-refractivity contribution in [3.05, 3.63) is 0 Å². The molecule has 200 valence electrons. The molecule has 0 spiro atoms. The van der Waals surface area contributed by atoms with E-state index in [-0.39, 0.29) is 0 Å². The minimum atomic E-state index is -1.66. The lowest BCUT2D eigenvalue weighted by Crippen LogP contribution is -2.73. The molecule has 1 aliphatic carbocycles. The summed E-state index contributed by atoms with van der Waals surface area (Å²) in [6.07, 6.45) is -17.5. The van der Waals surface area contributed by atoms with Crippen molar-refractivity contribution in [2.45, 2.75) is 97.8 Å². The lowest BCUT2D eigenvalue weighted by Gasteiger charge is -2.49. The van der Waals surface area contributed by atoms with Crippen LogP contribution in [0, 0.1) is 0 Å². The second kappa shape index (κ2) is 11.2. The van der Waals surface area contributed by atoms with Crippen LogP contribution in [0.2, 0.25) is 0 Å². The van der Waals surface area contributed by atoms with E-state index in [1.807, 2.05) is 0 Å². The minimum Gasteiger partial charge on any atom is -0.394 e. The van der Waals surface area contributed by atoms with Crippen molar-refractivity contribution in [1.29, 1.82) is 0 Å². The van der Waals surface area contributed by atoms with Gasteiger partial charge in [-0.2, -0.15) is 0 Å². The molecule has 0 bridgehead atoms. The van der Waals surface area contributed by atoms with Gasteiger partial charge in [-0.1, -0.05) is 0 Å².